The van der Waals surface area contributed by atoms with Crippen molar-refractivity contribution in [2.75, 3.05) is 26.8 Å². The van der Waals surface area contributed by atoms with E-state index < -0.39 is 16.1 Å². The van der Waals surface area contributed by atoms with Gasteiger partial charge in [-0.25, -0.2) is 8.42 Å². The molecule has 1 aliphatic heterocycles. The summed E-state index contributed by atoms with van der Waals surface area (Å²) in [4.78, 5) is 12.1. The van der Waals surface area contributed by atoms with E-state index in [4.69, 9.17) is 9.47 Å². The first-order chi connectivity index (χ1) is 11.8. The van der Waals surface area contributed by atoms with Gasteiger partial charge in [0.2, 0.25) is 15.9 Å². The molecule has 0 saturated heterocycles. The summed E-state index contributed by atoms with van der Waals surface area (Å²) in [5.41, 5.74) is 0. The number of carbonyl (C=O) groups excluding carboxylic acids is 1. The maximum Gasteiger partial charge on any atom is 0.241 e. The molecule has 0 bridgehead atoms. The lowest BCUT2D eigenvalue weighted by Gasteiger charge is -2.17. The number of nitrogens with one attached hydrogen (secondary N) is 3. The van der Waals surface area contributed by atoms with E-state index in [-0.39, 0.29) is 16.8 Å². The summed E-state index contributed by atoms with van der Waals surface area (Å²) in [6.45, 7) is 4.81. The highest BCUT2D eigenvalue weighted by atomic mass is 32.2. The smallest absolute Gasteiger partial charge is 0.241 e. The first-order valence-electron chi connectivity index (χ1n) is 8.20. The number of hydrogen-bond donors (Lipinski definition) is 3. The van der Waals surface area contributed by atoms with Gasteiger partial charge in [0.05, 0.1) is 24.2 Å². The van der Waals surface area contributed by atoms with Crippen LogP contribution >= 0.6 is 0 Å². The summed E-state index contributed by atoms with van der Waals surface area (Å²) in [5, 5.41) is 5.68. The Morgan fingerprint density at radius 3 is 2.56 bits per heavy atom. The molecule has 0 saturated carbocycles. The van der Waals surface area contributed by atoms with Crippen LogP contribution in [0.5, 0.6) is 11.5 Å². The lowest BCUT2D eigenvalue weighted by atomic mass is 10.3. The van der Waals surface area contributed by atoms with Crippen molar-refractivity contribution in [2.45, 2.75) is 37.2 Å². The molecule has 0 aromatic heterocycles. The van der Waals surface area contributed by atoms with Gasteiger partial charge in [-0.2, -0.15) is 4.72 Å². The number of benzene rings is 1. The van der Waals surface area contributed by atoms with Crippen molar-refractivity contribution in [1.82, 2.24) is 15.4 Å². The summed E-state index contributed by atoms with van der Waals surface area (Å²) in [7, 11) is -2.07. The van der Waals surface area contributed by atoms with Crippen LogP contribution in [0.4, 0.5) is 0 Å². The quantitative estimate of drug-likeness (QED) is 0.634. The highest BCUT2D eigenvalue weighted by Crippen LogP contribution is 2.31. The van der Waals surface area contributed by atoms with E-state index in [1.807, 2.05) is 6.92 Å². The second-order valence-corrected chi connectivity index (χ2v) is 7.65. The zero-order valence-electron chi connectivity index (χ0n) is 14.7. The van der Waals surface area contributed by atoms with Gasteiger partial charge < -0.3 is 20.1 Å². The molecule has 2 rings (SSSR count). The Kier molecular flexibility index (Phi) is 6.63. The maximum absolute atomic E-state index is 12.5. The normalized spacial score (nSPS) is 16.6. The average Bonchev–Trinajstić information content (AvgIpc) is 2.83. The van der Waals surface area contributed by atoms with Crippen molar-refractivity contribution in [3.05, 3.63) is 18.2 Å². The summed E-state index contributed by atoms with van der Waals surface area (Å²) < 4.78 is 38.4. The molecular formula is C16H25N3O5S. The number of likely N-dealkylation sites (N-methyl/N-ethyl adjacent to an activating group) is 1. The second-order valence-electron chi connectivity index (χ2n) is 5.94. The average molecular weight is 371 g/mol. The molecule has 25 heavy (non-hydrogen) atoms. The molecular weight excluding hydrogens is 346 g/mol. The Balaban J connectivity index is 2.05. The van der Waals surface area contributed by atoms with Crippen LogP contribution < -0.4 is 24.8 Å². The molecule has 0 fully saturated rings. The van der Waals surface area contributed by atoms with Crippen LogP contribution in [0.15, 0.2) is 23.1 Å². The number of hydrogen-bond acceptors (Lipinski definition) is 6. The molecule has 2 unspecified atom stereocenters. The zero-order valence-corrected chi connectivity index (χ0v) is 15.5. The van der Waals surface area contributed by atoms with Crippen molar-refractivity contribution < 1.29 is 22.7 Å². The van der Waals surface area contributed by atoms with Gasteiger partial charge in [-0.05, 0) is 33.0 Å². The van der Waals surface area contributed by atoms with Crippen LogP contribution in [-0.2, 0) is 14.8 Å². The first kappa shape index (κ1) is 19.5. The lowest BCUT2D eigenvalue weighted by Crippen LogP contribution is -2.47. The van der Waals surface area contributed by atoms with Gasteiger partial charge in [-0.15, -0.1) is 0 Å². The highest BCUT2D eigenvalue weighted by Gasteiger charge is 2.24. The predicted molar refractivity (Wildman–Crippen MR) is 93.4 cm³/mol. The molecule has 2 atom stereocenters. The van der Waals surface area contributed by atoms with Crippen molar-refractivity contribution in [2.24, 2.45) is 0 Å². The molecule has 0 spiro atoms. The third kappa shape index (κ3) is 5.32. The van der Waals surface area contributed by atoms with E-state index in [1.165, 1.54) is 19.1 Å². The van der Waals surface area contributed by atoms with Crippen LogP contribution in [0, 0.1) is 0 Å². The topological polar surface area (TPSA) is 106 Å². The zero-order chi connectivity index (χ0) is 18.4. The molecule has 0 radical (unpaired) electrons. The second kappa shape index (κ2) is 8.50. The molecule has 3 N–H and O–H groups in total. The van der Waals surface area contributed by atoms with Gasteiger partial charge in [0.15, 0.2) is 11.5 Å². The van der Waals surface area contributed by atoms with Gasteiger partial charge in [-0.3, -0.25) is 4.79 Å². The predicted octanol–water partition coefficient (Wildman–Crippen LogP) is 0.239. The molecule has 1 aromatic rings. The first-order valence-corrected chi connectivity index (χ1v) is 9.69. The Morgan fingerprint density at radius 2 is 1.88 bits per heavy atom. The Morgan fingerprint density at radius 1 is 1.20 bits per heavy atom. The van der Waals surface area contributed by atoms with Crippen LogP contribution in [-0.4, -0.2) is 53.2 Å². The van der Waals surface area contributed by atoms with Crippen molar-refractivity contribution in [3.8, 4) is 11.5 Å². The van der Waals surface area contributed by atoms with Crippen LogP contribution in [0.2, 0.25) is 0 Å². The van der Waals surface area contributed by atoms with E-state index in [0.717, 1.165) is 6.42 Å². The Hall–Kier alpha value is -1.84. The van der Waals surface area contributed by atoms with Crippen LogP contribution in [0.3, 0.4) is 0 Å². The maximum atomic E-state index is 12.5. The number of amides is 1. The molecule has 1 aliphatic rings. The molecule has 1 heterocycles. The summed E-state index contributed by atoms with van der Waals surface area (Å²) in [6, 6.07) is 3.61. The summed E-state index contributed by atoms with van der Waals surface area (Å²) in [5.74, 6) is 0.517. The number of fused-ring (bicyclic) bond motifs is 1. The fourth-order valence-corrected chi connectivity index (χ4v) is 3.39. The van der Waals surface area contributed by atoms with Gasteiger partial charge in [0.25, 0.3) is 0 Å². The number of rotatable bonds is 7. The standard InChI is InChI=1S/C16H25N3O5S/c1-11(17-3)10-18-16(20)12(2)19-25(21,22)13-5-6-14-15(9-13)24-8-4-7-23-14/h5-6,9,11-12,17,19H,4,7-8,10H2,1-3H3,(H,18,20). The molecule has 9 heteroatoms. The fraction of sp³-hybridized carbons (Fsp3) is 0.562. The van der Waals surface area contributed by atoms with Crippen molar-refractivity contribution in [3.63, 3.8) is 0 Å². The largest absolute Gasteiger partial charge is 0.490 e. The van der Waals surface area contributed by atoms with Crippen LogP contribution in [0.1, 0.15) is 20.3 Å². The third-order valence-electron chi connectivity index (χ3n) is 3.83. The third-order valence-corrected chi connectivity index (χ3v) is 5.37. The number of carbonyl (C=O) groups is 1. The Bertz CT molecular complexity index is 708. The van der Waals surface area contributed by atoms with Gasteiger partial charge in [0, 0.05) is 25.1 Å². The van der Waals surface area contributed by atoms with E-state index in [9.17, 15) is 13.2 Å². The minimum absolute atomic E-state index is 0.0278. The lowest BCUT2D eigenvalue weighted by molar-refractivity contribution is -0.122. The minimum Gasteiger partial charge on any atom is -0.490 e. The minimum atomic E-state index is -3.86. The van der Waals surface area contributed by atoms with Crippen LogP contribution in [0.25, 0.3) is 0 Å². The molecule has 1 amide bonds. The van der Waals surface area contributed by atoms with Gasteiger partial charge in [0.1, 0.15) is 0 Å². The van der Waals surface area contributed by atoms with E-state index in [2.05, 4.69) is 15.4 Å². The summed E-state index contributed by atoms with van der Waals surface area (Å²) in [6.07, 6.45) is 0.733. The number of sulfonamides is 1. The monoisotopic (exact) mass is 371 g/mol. The molecule has 140 valence electrons. The van der Waals surface area contributed by atoms with E-state index >= 15 is 0 Å². The van der Waals surface area contributed by atoms with E-state index in [1.54, 1.807) is 13.1 Å². The van der Waals surface area contributed by atoms with Gasteiger partial charge >= 0.3 is 0 Å². The van der Waals surface area contributed by atoms with Gasteiger partial charge in [-0.1, -0.05) is 0 Å². The number of ether oxygens (including phenoxy) is 2. The Labute approximate surface area is 148 Å². The SMILES string of the molecule is CNC(C)CNC(=O)C(C)NS(=O)(=O)c1ccc2c(c1)OCCCO2. The van der Waals surface area contributed by atoms with Crippen molar-refractivity contribution in [1.29, 1.82) is 0 Å². The fourth-order valence-electron chi connectivity index (χ4n) is 2.17. The molecule has 1 aromatic carbocycles. The van der Waals surface area contributed by atoms with Crippen molar-refractivity contribution >= 4 is 15.9 Å². The molecule has 0 aliphatic carbocycles. The summed E-state index contributed by atoms with van der Waals surface area (Å²) >= 11 is 0. The molecule has 8 nitrogen and oxygen atoms in total. The van der Waals surface area contributed by atoms with E-state index in [0.29, 0.717) is 31.3 Å². The highest BCUT2D eigenvalue weighted by molar-refractivity contribution is 7.89.